The molecule has 0 fully saturated rings. The molecule has 5 nitrogen and oxygen atoms in total. The van der Waals surface area contributed by atoms with Crippen LogP contribution >= 0.6 is 11.8 Å². The summed E-state index contributed by atoms with van der Waals surface area (Å²) in [6.45, 7) is 5.92. The maximum Gasteiger partial charge on any atom is 0.221 e. The number of aryl methyl sites for hydroxylation is 1. The van der Waals surface area contributed by atoms with Crippen molar-refractivity contribution in [1.29, 1.82) is 0 Å². The summed E-state index contributed by atoms with van der Waals surface area (Å²) in [5.41, 5.74) is -0.160. The molecule has 90 valence electrons. The van der Waals surface area contributed by atoms with Gasteiger partial charge in [-0.05, 0) is 20.8 Å². The van der Waals surface area contributed by atoms with Crippen LogP contribution < -0.4 is 5.32 Å². The van der Waals surface area contributed by atoms with Crippen LogP contribution in [-0.4, -0.2) is 32.0 Å². The Morgan fingerprint density at radius 3 is 2.75 bits per heavy atom. The van der Waals surface area contributed by atoms with E-state index in [0.717, 1.165) is 5.16 Å². The van der Waals surface area contributed by atoms with Crippen molar-refractivity contribution in [3.63, 3.8) is 0 Å². The van der Waals surface area contributed by atoms with Gasteiger partial charge < -0.3 is 9.88 Å². The van der Waals surface area contributed by atoms with Crippen molar-refractivity contribution >= 4 is 17.7 Å². The highest BCUT2D eigenvalue weighted by Crippen LogP contribution is 2.14. The van der Waals surface area contributed by atoms with Gasteiger partial charge >= 0.3 is 0 Å². The van der Waals surface area contributed by atoms with Gasteiger partial charge in [0.2, 0.25) is 5.91 Å². The second-order valence-corrected chi connectivity index (χ2v) is 5.68. The molecule has 16 heavy (non-hydrogen) atoms. The summed E-state index contributed by atoms with van der Waals surface area (Å²) in [4.78, 5) is 11.5. The Bertz CT molecular complexity index is 356. The van der Waals surface area contributed by atoms with Crippen LogP contribution in [0.3, 0.4) is 0 Å². The van der Waals surface area contributed by atoms with Gasteiger partial charge in [-0.15, -0.1) is 10.2 Å². The lowest BCUT2D eigenvalue weighted by Crippen LogP contribution is -2.40. The molecule has 0 radical (unpaired) electrons. The van der Waals surface area contributed by atoms with Gasteiger partial charge in [0.05, 0.1) is 0 Å². The Hall–Kier alpha value is -1.04. The van der Waals surface area contributed by atoms with Crippen LogP contribution in [0, 0.1) is 0 Å². The van der Waals surface area contributed by atoms with Crippen molar-refractivity contribution in [2.24, 2.45) is 7.05 Å². The van der Waals surface area contributed by atoms with E-state index in [2.05, 4.69) is 15.5 Å². The van der Waals surface area contributed by atoms with Crippen molar-refractivity contribution in [2.45, 2.75) is 37.9 Å². The molecule has 1 heterocycles. The minimum Gasteiger partial charge on any atom is -0.351 e. The predicted molar refractivity (Wildman–Crippen MR) is 64.2 cm³/mol. The Labute approximate surface area is 100 Å². The fraction of sp³-hybridized carbons (Fsp3) is 0.700. The lowest BCUT2D eigenvalue weighted by molar-refractivity contribution is -0.122. The zero-order valence-corrected chi connectivity index (χ0v) is 11.0. The molecule has 1 N–H and O–H groups in total. The normalized spacial score (nSPS) is 11.5. The topological polar surface area (TPSA) is 59.8 Å². The first-order chi connectivity index (χ1) is 7.38. The van der Waals surface area contributed by atoms with Crippen LogP contribution in [0.4, 0.5) is 0 Å². The molecule has 1 aromatic heterocycles. The van der Waals surface area contributed by atoms with E-state index in [1.807, 2.05) is 32.4 Å². The SMILES string of the molecule is Cn1cnnc1SCCC(=O)NC(C)(C)C. The number of amides is 1. The molecular weight excluding hydrogens is 224 g/mol. The average molecular weight is 242 g/mol. The first kappa shape index (κ1) is 13.0. The highest BCUT2D eigenvalue weighted by Gasteiger charge is 2.13. The zero-order valence-electron chi connectivity index (χ0n) is 10.1. The summed E-state index contributed by atoms with van der Waals surface area (Å²) in [6.07, 6.45) is 2.15. The van der Waals surface area contributed by atoms with Gasteiger partial charge in [-0.25, -0.2) is 0 Å². The van der Waals surface area contributed by atoms with Crippen molar-refractivity contribution in [2.75, 3.05) is 5.75 Å². The monoisotopic (exact) mass is 242 g/mol. The van der Waals surface area contributed by atoms with Crippen molar-refractivity contribution < 1.29 is 4.79 Å². The minimum absolute atomic E-state index is 0.0715. The van der Waals surface area contributed by atoms with Crippen molar-refractivity contribution in [3.05, 3.63) is 6.33 Å². The Balaban J connectivity index is 2.26. The van der Waals surface area contributed by atoms with Crippen LogP contribution in [0.1, 0.15) is 27.2 Å². The van der Waals surface area contributed by atoms with Gasteiger partial charge in [-0.1, -0.05) is 11.8 Å². The van der Waals surface area contributed by atoms with Crippen molar-refractivity contribution in [1.82, 2.24) is 20.1 Å². The molecule has 0 spiro atoms. The van der Waals surface area contributed by atoms with E-state index in [-0.39, 0.29) is 11.4 Å². The summed E-state index contributed by atoms with van der Waals surface area (Å²) in [5, 5.41) is 11.5. The summed E-state index contributed by atoms with van der Waals surface area (Å²) < 4.78 is 1.84. The number of hydrogen-bond acceptors (Lipinski definition) is 4. The second-order valence-electron chi connectivity index (χ2n) is 4.62. The third-order valence-corrected chi connectivity index (χ3v) is 2.78. The minimum atomic E-state index is -0.160. The Morgan fingerprint density at radius 2 is 2.25 bits per heavy atom. The highest BCUT2D eigenvalue weighted by molar-refractivity contribution is 7.99. The maximum atomic E-state index is 11.5. The van der Waals surface area contributed by atoms with Gasteiger partial charge in [0, 0.05) is 24.8 Å². The molecule has 6 heteroatoms. The molecular formula is C10H18N4OS. The number of nitrogens with zero attached hydrogens (tertiary/aromatic N) is 3. The van der Waals surface area contributed by atoms with Crippen molar-refractivity contribution in [3.8, 4) is 0 Å². The van der Waals surface area contributed by atoms with E-state index in [0.29, 0.717) is 12.2 Å². The zero-order chi connectivity index (χ0) is 12.2. The number of nitrogens with one attached hydrogen (secondary N) is 1. The van der Waals surface area contributed by atoms with E-state index in [1.165, 1.54) is 11.8 Å². The average Bonchev–Trinajstić information content (AvgIpc) is 2.48. The van der Waals surface area contributed by atoms with E-state index in [9.17, 15) is 4.79 Å². The summed E-state index contributed by atoms with van der Waals surface area (Å²) in [6, 6.07) is 0. The Morgan fingerprint density at radius 1 is 1.56 bits per heavy atom. The van der Waals surface area contributed by atoms with E-state index >= 15 is 0 Å². The number of carbonyl (C=O) groups excluding carboxylic acids is 1. The standard InChI is InChI=1S/C10H18N4OS/c1-10(2,3)12-8(15)5-6-16-9-13-11-7-14(9)4/h7H,5-6H2,1-4H3,(H,12,15). The maximum absolute atomic E-state index is 11.5. The van der Waals surface area contributed by atoms with E-state index < -0.39 is 0 Å². The third-order valence-electron chi connectivity index (χ3n) is 1.74. The van der Waals surface area contributed by atoms with Crippen LogP contribution in [0.15, 0.2) is 11.5 Å². The van der Waals surface area contributed by atoms with Gasteiger partial charge in [-0.3, -0.25) is 4.79 Å². The first-order valence-electron chi connectivity index (χ1n) is 5.16. The molecule has 0 bridgehead atoms. The molecule has 0 atom stereocenters. The van der Waals surface area contributed by atoms with E-state index in [4.69, 9.17) is 0 Å². The quantitative estimate of drug-likeness (QED) is 0.806. The lowest BCUT2D eigenvalue weighted by atomic mass is 10.1. The molecule has 0 unspecified atom stereocenters. The summed E-state index contributed by atoms with van der Waals surface area (Å²) in [5.74, 6) is 0.788. The van der Waals surface area contributed by atoms with Crippen LogP contribution in [-0.2, 0) is 11.8 Å². The van der Waals surface area contributed by atoms with Gasteiger partial charge in [0.15, 0.2) is 5.16 Å². The molecule has 0 saturated heterocycles. The number of aromatic nitrogens is 3. The number of carbonyl (C=O) groups is 1. The molecule has 0 saturated carbocycles. The smallest absolute Gasteiger partial charge is 0.221 e. The Kier molecular flexibility index (Phi) is 4.35. The van der Waals surface area contributed by atoms with Crippen LogP contribution in [0.5, 0.6) is 0 Å². The second kappa shape index (κ2) is 5.34. The highest BCUT2D eigenvalue weighted by atomic mass is 32.2. The molecule has 0 aliphatic carbocycles. The number of rotatable bonds is 4. The number of thioether (sulfide) groups is 1. The summed E-state index contributed by atoms with van der Waals surface area (Å²) >= 11 is 1.54. The fourth-order valence-electron chi connectivity index (χ4n) is 1.12. The van der Waals surface area contributed by atoms with Gasteiger partial charge in [0.25, 0.3) is 0 Å². The first-order valence-corrected chi connectivity index (χ1v) is 6.15. The molecule has 1 amide bonds. The molecule has 1 aromatic rings. The predicted octanol–water partition coefficient (Wildman–Crippen LogP) is 1.21. The largest absolute Gasteiger partial charge is 0.351 e. The van der Waals surface area contributed by atoms with Crippen LogP contribution in [0.25, 0.3) is 0 Å². The van der Waals surface area contributed by atoms with Crippen LogP contribution in [0.2, 0.25) is 0 Å². The van der Waals surface area contributed by atoms with E-state index in [1.54, 1.807) is 6.33 Å². The fourth-order valence-corrected chi connectivity index (χ4v) is 1.94. The molecule has 0 aliphatic heterocycles. The molecule has 0 aliphatic rings. The number of hydrogen-bond donors (Lipinski definition) is 1. The molecule has 1 rings (SSSR count). The summed E-state index contributed by atoms with van der Waals surface area (Å²) in [7, 11) is 1.89. The third kappa shape index (κ3) is 4.65. The van der Waals surface area contributed by atoms with Gasteiger partial charge in [-0.2, -0.15) is 0 Å². The lowest BCUT2D eigenvalue weighted by Gasteiger charge is -2.20. The molecule has 0 aromatic carbocycles. The van der Waals surface area contributed by atoms with Gasteiger partial charge in [0.1, 0.15) is 6.33 Å².